The van der Waals surface area contributed by atoms with Gasteiger partial charge in [-0.05, 0) is 31.6 Å². The summed E-state index contributed by atoms with van der Waals surface area (Å²) in [6, 6.07) is 0. The first-order chi connectivity index (χ1) is 5.93. The lowest BCUT2D eigenvalue weighted by molar-refractivity contribution is -0.107. The zero-order valence-corrected chi connectivity index (χ0v) is 7.67. The van der Waals surface area contributed by atoms with Crippen molar-refractivity contribution in [2.75, 3.05) is 0 Å². The van der Waals surface area contributed by atoms with Gasteiger partial charge < -0.3 is 4.79 Å². The Bertz CT molecular complexity index is 149. The van der Waals surface area contributed by atoms with Gasteiger partial charge in [0.15, 0.2) is 0 Å². The second-order valence-corrected chi connectivity index (χ2v) is 3.60. The van der Waals surface area contributed by atoms with E-state index in [2.05, 4.69) is 12.2 Å². The number of hydrogen-bond acceptors (Lipinski definition) is 1. The molecule has 1 aliphatic carbocycles. The fourth-order valence-corrected chi connectivity index (χ4v) is 1.78. The van der Waals surface area contributed by atoms with Crippen LogP contribution in [0.2, 0.25) is 0 Å². The Morgan fingerprint density at radius 2 is 2.25 bits per heavy atom. The van der Waals surface area contributed by atoms with E-state index < -0.39 is 0 Å². The van der Waals surface area contributed by atoms with Gasteiger partial charge in [0.1, 0.15) is 6.29 Å². The SMILES string of the molecule is O=CCCCCC1CC=CCC1. The third kappa shape index (κ3) is 3.70. The highest BCUT2D eigenvalue weighted by Gasteiger charge is 2.08. The molecule has 0 radical (unpaired) electrons. The molecule has 0 heterocycles. The molecule has 0 spiro atoms. The number of allylic oxidation sites excluding steroid dienone is 2. The number of hydrogen-bond donors (Lipinski definition) is 0. The molecule has 0 amide bonds. The molecule has 1 nitrogen and oxygen atoms in total. The summed E-state index contributed by atoms with van der Waals surface area (Å²) >= 11 is 0. The van der Waals surface area contributed by atoms with Gasteiger partial charge in [-0.15, -0.1) is 0 Å². The molecule has 0 saturated carbocycles. The van der Waals surface area contributed by atoms with Crippen molar-refractivity contribution in [2.45, 2.75) is 44.9 Å². The smallest absolute Gasteiger partial charge is 0.119 e. The Hall–Kier alpha value is -0.590. The molecule has 1 heteroatoms. The molecule has 0 bridgehead atoms. The van der Waals surface area contributed by atoms with Gasteiger partial charge in [-0.2, -0.15) is 0 Å². The third-order valence-electron chi connectivity index (χ3n) is 2.56. The van der Waals surface area contributed by atoms with Crippen molar-refractivity contribution in [1.82, 2.24) is 0 Å². The van der Waals surface area contributed by atoms with Crippen molar-refractivity contribution in [3.63, 3.8) is 0 Å². The molecule has 0 fully saturated rings. The summed E-state index contributed by atoms with van der Waals surface area (Å²) < 4.78 is 0. The zero-order valence-electron chi connectivity index (χ0n) is 7.67. The highest BCUT2D eigenvalue weighted by Crippen LogP contribution is 2.23. The molecule has 1 aliphatic rings. The van der Waals surface area contributed by atoms with Gasteiger partial charge in [0.05, 0.1) is 0 Å². The van der Waals surface area contributed by atoms with E-state index in [4.69, 9.17) is 0 Å². The largest absolute Gasteiger partial charge is 0.303 e. The predicted molar refractivity (Wildman–Crippen MR) is 51.0 cm³/mol. The van der Waals surface area contributed by atoms with Crippen LogP contribution in [0.3, 0.4) is 0 Å². The van der Waals surface area contributed by atoms with Crippen molar-refractivity contribution < 1.29 is 4.79 Å². The molecule has 0 aromatic rings. The lowest BCUT2D eigenvalue weighted by Gasteiger charge is -2.16. The second kappa shape index (κ2) is 5.99. The van der Waals surface area contributed by atoms with E-state index in [0.717, 1.165) is 25.0 Å². The summed E-state index contributed by atoms with van der Waals surface area (Å²) in [6.07, 6.45) is 13.9. The lowest BCUT2D eigenvalue weighted by Crippen LogP contribution is -2.02. The van der Waals surface area contributed by atoms with Crippen LogP contribution in [0.1, 0.15) is 44.9 Å². The molecular formula is C11H18O. The van der Waals surface area contributed by atoms with Crippen molar-refractivity contribution in [3.8, 4) is 0 Å². The van der Waals surface area contributed by atoms with Crippen LogP contribution < -0.4 is 0 Å². The Morgan fingerprint density at radius 3 is 2.92 bits per heavy atom. The summed E-state index contributed by atoms with van der Waals surface area (Å²) in [7, 11) is 0. The minimum atomic E-state index is 0.753. The van der Waals surface area contributed by atoms with Gasteiger partial charge in [-0.3, -0.25) is 0 Å². The van der Waals surface area contributed by atoms with Crippen molar-refractivity contribution in [1.29, 1.82) is 0 Å². The van der Waals surface area contributed by atoms with E-state index in [1.54, 1.807) is 0 Å². The second-order valence-electron chi connectivity index (χ2n) is 3.60. The highest BCUT2D eigenvalue weighted by molar-refractivity contribution is 5.48. The molecular weight excluding hydrogens is 148 g/mol. The monoisotopic (exact) mass is 166 g/mol. The summed E-state index contributed by atoms with van der Waals surface area (Å²) in [5, 5.41) is 0. The summed E-state index contributed by atoms with van der Waals surface area (Å²) in [6.45, 7) is 0. The molecule has 1 atom stereocenters. The van der Waals surface area contributed by atoms with Crippen LogP contribution in [-0.2, 0) is 4.79 Å². The van der Waals surface area contributed by atoms with Crippen LogP contribution in [0, 0.1) is 5.92 Å². The van der Waals surface area contributed by atoms with Crippen molar-refractivity contribution in [2.24, 2.45) is 5.92 Å². The van der Waals surface area contributed by atoms with E-state index in [1.165, 1.54) is 32.1 Å². The molecule has 0 aromatic carbocycles. The first-order valence-corrected chi connectivity index (χ1v) is 5.02. The van der Waals surface area contributed by atoms with Gasteiger partial charge in [-0.1, -0.05) is 25.0 Å². The van der Waals surface area contributed by atoms with Crippen molar-refractivity contribution >= 4 is 6.29 Å². The molecule has 1 rings (SSSR count). The predicted octanol–water partition coefficient (Wildman–Crippen LogP) is 3.10. The maximum absolute atomic E-state index is 10.0. The third-order valence-corrected chi connectivity index (χ3v) is 2.56. The van der Waals surface area contributed by atoms with Crippen LogP contribution in [-0.4, -0.2) is 6.29 Å². The Labute approximate surface area is 74.9 Å². The zero-order chi connectivity index (χ0) is 8.65. The molecule has 0 saturated heterocycles. The van der Waals surface area contributed by atoms with Crippen LogP contribution >= 0.6 is 0 Å². The highest BCUT2D eigenvalue weighted by atomic mass is 16.1. The van der Waals surface area contributed by atoms with Gasteiger partial charge in [0.25, 0.3) is 0 Å². The minimum Gasteiger partial charge on any atom is -0.303 e. The van der Waals surface area contributed by atoms with E-state index in [1.807, 2.05) is 0 Å². The molecule has 1 unspecified atom stereocenters. The fourth-order valence-electron chi connectivity index (χ4n) is 1.78. The Kier molecular flexibility index (Phi) is 4.74. The van der Waals surface area contributed by atoms with E-state index >= 15 is 0 Å². The van der Waals surface area contributed by atoms with Crippen LogP contribution in [0.5, 0.6) is 0 Å². The van der Waals surface area contributed by atoms with Gasteiger partial charge in [0, 0.05) is 6.42 Å². The molecule has 12 heavy (non-hydrogen) atoms. The molecule has 0 aliphatic heterocycles. The van der Waals surface area contributed by atoms with E-state index in [-0.39, 0.29) is 0 Å². The van der Waals surface area contributed by atoms with E-state index in [0.29, 0.717) is 0 Å². The number of carbonyl (C=O) groups excluding carboxylic acids is 1. The minimum absolute atomic E-state index is 0.753. The molecule has 68 valence electrons. The maximum atomic E-state index is 10.0. The first-order valence-electron chi connectivity index (χ1n) is 5.02. The first kappa shape index (κ1) is 9.50. The number of unbranched alkanes of at least 4 members (excludes halogenated alkanes) is 2. The lowest BCUT2D eigenvalue weighted by atomic mass is 9.90. The summed E-state index contributed by atoms with van der Waals surface area (Å²) in [5.41, 5.74) is 0. The van der Waals surface area contributed by atoms with Gasteiger partial charge >= 0.3 is 0 Å². The topological polar surface area (TPSA) is 17.1 Å². The number of rotatable bonds is 5. The summed E-state index contributed by atoms with van der Waals surface area (Å²) in [4.78, 5) is 10.0. The number of carbonyl (C=O) groups is 1. The van der Waals surface area contributed by atoms with Crippen LogP contribution in [0.25, 0.3) is 0 Å². The van der Waals surface area contributed by atoms with Crippen LogP contribution in [0.4, 0.5) is 0 Å². The average molecular weight is 166 g/mol. The standard InChI is InChI=1S/C11H18O/c12-10-6-2-5-9-11-7-3-1-4-8-11/h1,3,10-11H,2,4-9H2. The van der Waals surface area contributed by atoms with Gasteiger partial charge in [0.2, 0.25) is 0 Å². The fraction of sp³-hybridized carbons (Fsp3) is 0.727. The Morgan fingerprint density at radius 1 is 1.33 bits per heavy atom. The van der Waals surface area contributed by atoms with E-state index in [9.17, 15) is 4.79 Å². The molecule has 0 N–H and O–H groups in total. The maximum Gasteiger partial charge on any atom is 0.119 e. The van der Waals surface area contributed by atoms with Crippen LogP contribution in [0.15, 0.2) is 12.2 Å². The normalized spacial score (nSPS) is 22.5. The van der Waals surface area contributed by atoms with Gasteiger partial charge in [-0.25, -0.2) is 0 Å². The van der Waals surface area contributed by atoms with Crippen molar-refractivity contribution in [3.05, 3.63) is 12.2 Å². The summed E-state index contributed by atoms with van der Waals surface area (Å²) in [5.74, 6) is 0.904. The number of aldehydes is 1. The average Bonchev–Trinajstić information content (AvgIpc) is 2.14. The Balaban J connectivity index is 1.99. The molecule has 0 aromatic heterocycles. The quantitative estimate of drug-likeness (QED) is 0.348.